The molecule has 1 aromatic carbocycles. The van der Waals surface area contributed by atoms with Gasteiger partial charge in [0.05, 0.1) is 11.0 Å². The van der Waals surface area contributed by atoms with E-state index >= 15 is 0 Å². The first-order valence-electron chi connectivity index (χ1n) is 4.76. The minimum atomic E-state index is -2.17. The van der Waals surface area contributed by atoms with Crippen molar-refractivity contribution in [1.82, 2.24) is 0 Å². The number of nitrogens with zero attached hydrogens (tertiary/aromatic N) is 1. The highest BCUT2D eigenvalue weighted by molar-refractivity contribution is 5.76. The highest BCUT2D eigenvalue weighted by Crippen LogP contribution is 2.23. The van der Waals surface area contributed by atoms with Crippen molar-refractivity contribution in [2.24, 2.45) is 0 Å². The zero-order valence-electron chi connectivity index (χ0n) is 9.29. The molecule has 1 aromatic rings. The number of aliphatic carboxylic acids is 1. The van der Waals surface area contributed by atoms with Crippen LogP contribution in [-0.2, 0) is 4.79 Å². The fourth-order valence-corrected chi connectivity index (χ4v) is 1.00. The maximum absolute atomic E-state index is 13.3. The molecule has 0 aliphatic heterocycles. The van der Waals surface area contributed by atoms with Crippen molar-refractivity contribution in [3.8, 4) is 5.75 Å². The lowest BCUT2D eigenvalue weighted by atomic mass is 10.1. The van der Waals surface area contributed by atoms with Crippen LogP contribution >= 0.6 is 0 Å². The molecule has 0 fully saturated rings. The third kappa shape index (κ3) is 3.14. The van der Waals surface area contributed by atoms with Crippen LogP contribution in [0.25, 0.3) is 0 Å². The Morgan fingerprint density at radius 1 is 1.61 bits per heavy atom. The molecule has 0 bridgehead atoms. The second-order valence-electron chi connectivity index (χ2n) is 3.74. The highest BCUT2D eigenvalue weighted by Gasteiger charge is 2.31. The van der Waals surface area contributed by atoms with Gasteiger partial charge in [0, 0.05) is 6.07 Å². The molecule has 0 heterocycles. The number of ether oxygens (including phenoxy) is 1. The Balaban J connectivity index is 2.81. The van der Waals surface area contributed by atoms with Gasteiger partial charge in [0.15, 0.2) is 17.2 Å². The van der Waals surface area contributed by atoms with Gasteiger partial charge in [-0.15, -0.1) is 0 Å². The van der Waals surface area contributed by atoms with Gasteiger partial charge >= 0.3 is 5.97 Å². The van der Waals surface area contributed by atoms with E-state index in [4.69, 9.17) is 9.84 Å². The van der Waals surface area contributed by atoms with Crippen LogP contribution in [0.3, 0.4) is 0 Å². The first-order chi connectivity index (χ1) is 8.24. The maximum Gasteiger partial charge on any atom is 0.339 e. The van der Waals surface area contributed by atoms with Crippen molar-refractivity contribution in [3.63, 3.8) is 0 Å². The van der Waals surface area contributed by atoms with Crippen molar-refractivity contribution in [1.29, 1.82) is 0 Å². The number of nitro benzene ring substituents is 1. The Bertz CT molecular complexity index is 487. The molecule has 98 valence electrons. The summed E-state index contributed by atoms with van der Waals surface area (Å²) in [6.07, 6.45) is 0. The first kappa shape index (κ1) is 13.8. The van der Waals surface area contributed by atoms with E-state index in [2.05, 4.69) is 0 Å². The third-order valence-electron chi connectivity index (χ3n) is 2.10. The van der Waals surface area contributed by atoms with Crippen LogP contribution in [0.1, 0.15) is 6.92 Å². The Hall–Kier alpha value is -2.22. The van der Waals surface area contributed by atoms with E-state index < -0.39 is 34.6 Å². The summed E-state index contributed by atoms with van der Waals surface area (Å²) in [4.78, 5) is 20.1. The zero-order valence-corrected chi connectivity index (χ0v) is 9.29. The second kappa shape index (κ2) is 4.96. The summed E-state index contributed by atoms with van der Waals surface area (Å²) >= 11 is 0. The zero-order chi connectivity index (χ0) is 13.9. The van der Waals surface area contributed by atoms with Crippen molar-refractivity contribution in [2.45, 2.75) is 12.5 Å². The fourth-order valence-electron chi connectivity index (χ4n) is 1.00. The van der Waals surface area contributed by atoms with Gasteiger partial charge in [-0.05, 0) is 13.0 Å². The molecule has 0 aliphatic carbocycles. The van der Waals surface area contributed by atoms with Gasteiger partial charge in [-0.1, -0.05) is 0 Å². The fraction of sp³-hybridized carbons (Fsp3) is 0.300. The number of hydrogen-bond acceptors (Lipinski definition) is 5. The average Bonchev–Trinajstić information content (AvgIpc) is 2.26. The summed E-state index contributed by atoms with van der Waals surface area (Å²) in [6, 6.07) is 2.64. The molecule has 2 N–H and O–H groups in total. The van der Waals surface area contributed by atoms with E-state index in [1.54, 1.807) is 0 Å². The molecule has 1 rings (SSSR count). The molecule has 18 heavy (non-hydrogen) atoms. The lowest BCUT2D eigenvalue weighted by Gasteiger charge is -2.18. The van der Waals surface area contributed by atoms with E-state index in [0.717, 1.165) is 19.1 Å². The van der Waals surface area contributed by atoms with Gasteiger partial charge in [0.25, 0.3) is 5.69 Å². The molecule has 1 unspecified atom stereocenters. The average molecular weight is 259 g/mol. The Morgan fingerprint density at radius 2 is 2.22 bits per heavy atom. The molecule has 0 saturated heterocycles. The summed E-state index contributed by atoms with van der Waals surface area (Å²) in [5.74, 6) is -2.91. The van der Waals surface area contributed by atoms with Crippen molar-refractivity contribution < 1.29 is 29.1 Å². The minimum Gasteiger partial charge on any atom is -0.487 e. The molecule has 0 amide bonds. The van der Waals surface area contributed by atoms with Crippen LogP contribution in [-0.4, -0.2) is 33.3 Å². The number of halogens is 1. The summed E-state index contributed by atoms with van der Waals surface area (Å²) in [5.41, 5.74) is -2.63. The number of non-ortho nitro benzene ring substituents is 1. The monoisotopic (exact) mass is 259 g/mol. The minimum absolute atomic E-state index is 0.373. The smallest absolute Gasteiger partial charge is 0.339 e. The number of rotatable bonds is 5. The molecule has 7 nitrogen and oxygen atoms in total. The SMILES string of the molecule is CC(O)(COc1ccc([N+](=O)[O-])cc1F)C(=O)O. The summed E-state index contributed by atoms with van der Waals surface area (Å²) in [5, 5.41) is 28.3. The van der Waals surface area contributed by atoms with E-state index in [-0.39, 0.29) is 5.75 Å². The van der Waals surface area contributed by atoms with Crippen LogP contribution in [0.5, 0.6) is 5.75 Å². The highest BCUT2D eigenvalue weighted by atomic mass is 19.1. The number of carboxylic acids is 1. The molecule has 0 aromatic heterocycles. The van der Waals surface area contributed by atoms with E-state index in [1.807, 2.05) is 0 Å². The maximum atomic E-state index is 13.3. The summed E-state index contributed by atoms with van der Waals surface area (Å²) < 4.78 is 18.1. The molecular weight excluding hydrogens is 249 g/mol. The van der Waals surface area contributed by atoms with Crippen LogP contribution in [0, 0.1) is 15.9 Å². The molecule has 1 atom stereocenters. The number of carbonyl (C=O) groups is 1. The van der Waals surface area contributed by atoms with Gasteiger partial charge in [0.2, 0.25) is 0 Å². The Labute approximate surface area is 101 Å². The van der Waals surface area contributed by atoms with Crippen molar-refractivity contribution in [3.05, 3.63) is 34.1 Å². The molecule has 0 radical (unpaired) electrons. The summed E-state index contributed by atoms with van der Waals surface area (Å²) in [7, 11) is 0. The van der Waals surface area contributed by atoms with Crippen LogP contribution in [0.4, 0.5) is 10.1 Å². The van der Waals surface area contributed by atoms with Gasteiger partial charge < -0.3 is 14.9 Å². The predicted molar refractivity (Wildman–Crippen MR) is 56.8 cm³/mol. The standard InChI is InChI=1S/C10H10FNO6/c1-10(15,9(13)14)5-18-8-3-2-6(12(16)17)4-7(8)11/h2-4,15H,5H2,1H3,(H,13,14). The third-order valence-corrected chi connectivity index (χ3v) is 2.10. The van der Waals surface area contributed by atoms with Crippen LogP contribution in [0.15, 0.2) is 18.2 Å². The molecule has 8 heteroatoms. The molecule has 0 spiro atoms. The molecule has 0 aliphatic rings. The normalized spacial score (nSPS) is 13.7. The quantitative estimate of drug-likeness (QED) is 0.601. The Kier molecular flexibility index (Phi) is 3.82. The first-order valence-corrected chi connectivity index (χ1v) is 4.76. The number of carboxylic acid groups (broad SMARTS) is 1. The van der Waals surface area contributed by atoms with E-state index in [1.165, 1.54) is 0 Å². The van der Waals surface area contributed by atoms with Gasteiger partial charge in [-0.25, -0.2) is 9.18 Å². The van der Waals surface area contributed by atoms with Gasteiger partial charge in [-0.2, -0.15) is 0 Å². The summed E-state index contributed by atoms with van der Waals surface area (Å²) in [6.45, 7) is 0.301. The van der Waals surface area contributed by atoms with Crippen LogP contribution in [0.2, 0.25) is 0 Å². The lowest BCUT2D eigenvalue weighted by Crippen LogP contribution is -2.41. The second-order valence-corrected chi connectivity index (χ2v) is 3.74. The van der Waals surface area contributed by atoms with E-state index in [0.29, 0.717) is 6.07 Å². The number of hydrogen-bond donors (Lipinski definition) is 2. The van der Waals surface area contributed by atoms with Gasteiger partial charge in [-0.3, -0.25) is 10.1 Å². The van der Waals surface area contributed by atoms with Crippen molar-refractivity contribution in [2.75, 3.05) is 6.61 Å². The van der Waals surface area contributed by atoms with E-state index in [9.17, 15) is 24.4 Å². The largest absolute Gasteiger partial charge is 0.487 e. The number of aliphatic hydroxyl groups is 1. The Morgan fingerprint density at radius 3 is 2.67 bits per heavy atom. The topological polar surface area (TPSA) is 110 Å². The predicted octanol–water partition coefficient (Wildman–Crippen LogP) is 0.948. The van der Waals surface area contributed by atoms with Crippen LogP contribution < -0.4 is 4.74 Å². The van der Waals surface area contributed by atoms with Gasteiger partial charge in [0.1, 0.15) is 6.61 Å². The lowest BCUT2D eigenvalue weighted by molar-refractivity contribution is -0.385. The molecule has 0 saturated carbocycles. The molecular formula is C10H10FNO6. The number of nitro groups is 1. The number of benzene rings is 1. The van der Waals surface area contributed by atoms with Crippen molar-refractivity contribution >= 4 is 11.7 Å².